The Labute approximate surface area is 190 Å². The lowest BCUT2D eigenvalue weighted by atomic mass is 10.1. The highest BCUT2D eigenvalue weighted by Crippen LogP contribution is 2.29. The molecule has 4 rings (SSSR count). The van der Waals surface area contributed by atoms with Crippen molar-refractivity contribution in [2.45, 2.75) is 25.4 Å². The van der Waals surface area contributed by atoms with Gasteiger partial charge in [-0.3, -0.25) is 4.79 Å². The van der Waals surface area contributed by atoms with E-state index in [0.29, 0.717) is 43.2 Å². The molecule has 3 heterocycles. The van der Waals surface area contributed by atoms with E-state index in [9.17, 15) is 22.8 Å². The molecular weight excluding hydrogens is 435 g/mol. The normalized spacial score (nSPS) is 17.1. The molecule has 0 aliphatic carbocycles. The maximum Gasteiger partial charge on any atom is 0.417 e. The second-order valence-corrected chi connectivity index (χ2v) is 8.24. The number of carbonyl (C=O) groups excluding carboxylic acids is 2. The van der Waals surface area contributed by atoms with Crippen molar-refractivity contribution in [1.82, 2.24) is 14.8 Å². The first-order valence-electron chi connectivity index (χ1n) is 11.0. The van der Waals surface area contributed by atoms with Crippen molar-refractivity contribution in [3.05, 3.63) is 53.7 Å². The second kappa shape index (κ2) is 9.68. The van der Waals surface area contributed by atoms with E-state index in [-0.39, 0.29) is 11.9 Å². The van der Waals surface area contributed by atoms with Crippen molar-refractivity contribution in [3.63, 3.8) is 0 Å². The summed E-state index contributed by atoms with van der Waals surface area (Å²) in [6.45, 7) is 3.24. The fourth-order valence-corrected chi connectivity index (χ4v) is 4.09. The summed E-state index contributed by atoms with van der Waals surface area (Å²) in [6.07, 6.45) is -0.432. The molecule has 0 bridgehead atoms. The van der Waals surface area contributed by atoms with Crippen molar-refractivity contribution >= 4 is 23.4 Å². The molecule has 2 aliphatic heterocycles. The lowest BCUT2D eigenvalue weighted by molar-refractivity contribution is -0.137. The fourth-order valence-electron chi connectivity index (χ4n) is 4.09. The standard InChI is InChI=1S/C23H26F3N5O2/c24-23(25,26)18-7-8-20(27-16-18)29-11-13-31(14-12-29)22(33)28-19-6-4-5-17(15-19)21(32)30-9-2-1-3-10-30/h4-8,15-16H,1-3,9-14H2,(H,28,33). The van der Waals surface area contributed by atoms with E-state index in [1.165, 1.54) is 6.07 Å². The van der Waals surface area contributed by atoms with Crippen molar-refractivity contribution in [3.8, 4) is 0 Å². The van der Waals surface area contributed by atoms with E-state index in [4.69, 9.17) is 0 Å². The first kappa shape index (κ1) is 22.9. The Morgan fingerprint density at radius 3 is 2.24 bits per heavy atom. The van der Waals surface area contributed by atoms with Crippen molar-refractivity contribution in [2.75, 3.05) is 49.5 Å². The first-order valence-corrected chi connectivity index (χ1v) is 11.0. The summed E-state index contributed by atoms with van der Waals surface area (Å²) >= 11 is 0. The topological polar surface area (TPSA) is 68.8 Å². The van der Waals surface area contributed by atoms with Gasteiger partial charge in [0.15, 0.2) is 0 Å². The molecule has 2 aliphatic rings. The van der Waals surface area contributed by atoms with Crippen LogP contribution in [0.1, 0.15) is 35.2 Å². The van der Waals surface area contributed by atoms with Gasteiger partial charge in [0.05, 0.1) is 5.56 Å². The number of pyridine rings is 1. The van der Waals surface area contributed by atoms with Crippen molar-refractivity contribution in [1.29, 1.82) is 0 Å². The number of carbonyl (C=O) groups is 2. The van der Waals surface area contributed by atoms with Crippen molar-refractivity contribution < 1.29 is 22.8 Å². The highest BCUT2D eigenvalue weighted by Gasteiger charge is 2.31. The molecule has 1 aromatic heterocycles. The fraction of sp³-hybridized carbons (Fsp3) is 0.435. The van der Waals surface area contributed by atoms with Crippen LogP contribution in [0.15, 0.2) is 42.6 Å². The Hall–Kier alpha value is -3.30. The predicted octanol–water partition coefficient (Wildman–Crippen LogP) is 4.08. The number of piperazine rings is 1. The number of anilines is 2. The average Bonchev–Trinajstić information content (AvgIpc) is 2.84. The first-order chi connectivity index (χ1) is 15.8. The van der Waals surface area contributed by atoms with Crippen LogP contribution < -0.4 is 10.2 Å². The number of amides is 3. The molecule has 10 heteroatoms. The van der Waals surface area contributed by atoms with Gasteiger partial charge < -0.3 is 20.0 Å². The molecule has 0 spiro atoms. The number of nitrogens with zero attached hydrogens (tertiary/aromatic N) is 4. The van der Waals surface area contributed by atoms with Gasteiger partial charge in [0.1, 0.15) is 5.82 Å². The zero-order chi connectivity index (χ0) is 23.4. The Kier molecular flexibility index (Phi) is 6.71. The molecule has 2 aromatic rings. The molecular formula is C23H26F3N5O2. The van der Waals surface area contributed by atoms with Gasteiger partial charge in [-0.2, -0.15) is 13.2 Å². The number of alkyl halides is 3. The molecule has 176 valence electrons. The van der Waals surface area contributed by atoms with E-state index >= 15 is 0 Å². The number of benzene rings is 1. The van der Waals surface area contributed by atoms with E-state index in [1.807, 2.05) is 9.80 Å². The molecule has 0 saturated carbocycles. The maximum atomic E-state index is 12.7. The van der Waals surface area contributed by atoms with Crippen LogP contribution in [-0.2, 0) is 6.18 Å². The molecule has 0 radical (unpaired) electrons. The van der Waals surface area contributed by atoms with Gasteiger partial charge in [0.25, 0.3) is 5.91 Å². The minimum absolute atomic E-state index is 0.0246. The predicted molar refractivity (Wildman–Crippen MR) is 118 cm³/mol. The van der Waals surface area contributed by atoms with Crippen LogP contribution in [0.5, 0.6) is 0 Å². The van der Waals surface area contributed by atoms with Gasteiger partial charge >= 0.3 is 12.2 Å². The van der Waals surface area contributed by atoms with Gasteiger partial charge in [0, 0.05) is 56.7 Å². The van der Waals surface area contributed by atoms with E-state index in [0.717, 1.165) is 44.6 Å². The van der Waals surface area contributed by atoms with E-state index < -0.39 is 11.7 Å². The molecule has 7 nitrogen and oxygen atoms in total. The zero-order valence-electron chi connectivity index (χ0n) is 18.1. The molecule has 1 N–H and O–H groups in total. The van der Waals surface area contributed by atoms with Crippen molar-refractivity contribution in [2.24, 2.45) is 0 Å². The Morgan fingerprint density at radius 1 is 0.879 bits per heavy atom. The van der Waals surface area contributed by atoms with E-state index in [1.54, 1.807) is 29.2 Å². The van der Waals surface area contributed by atoms with Crippen LogP contribution in [0, 0.1) is 0 Å². The summed E-state index contributed by atoms with van der Waals surface area (Å²) in [7, 11) is 0. The maximum absolute atomic E-state index is 12.7. The third-order valence-corrected chi connectivity index (χ3v) is 5.97. The monoisotopic (exact) mass is 461 g/mol. The van der Waals surface area contributed by atoms with E-state index in [2.05, 4.69) is 10.3 Å². The van der Waals surface area contributed by atoms with Crippen LogP contribution in [0.4, 0.5) is 29.5 Å². The number of hydrogen-bond acceptors (Lipinski definition) is 4. The van der Waals surface area contributed by atoms with Gasteiger partial charge in [-0.25, -0.2) is 9.78 Å². The highest BCUT2D eigenvalue weighted by molar-refractivity contribution is 5.97. The molecule has 2 fully saturated rings. The van der Waals surface area contributed by atoms with Gasteiger partial charge in [-0.05, 0) is 49.6 Å². The summed E-state index contributed by atoms with van der Waals surface area (Å²) in [5.41, 5.74) is 0.313. The summed E-state index contributed by atoms with van der Waals surface area (Å²) in [4.78, 5) is 34.7. The number of nitrogens with one attached hydrogen (secondary N) is 1. The molecule has 0 atom stereocenters. The second-order valence-electron chi connectivity index (χ2n) is 8.24. The molecule has 33 heavy (non-hydrogen) atoms. The number of hydrogen-bond donors (Lipinski definition) is 1. The SMILES string of the molecule is O=C(Nc1cccc(C(=O)N2CCCCC2)c1)N1CCN(c2ccc(C(F)(F)F)cn2)CC1. The summed E-state index contributed by atoms with van der Waals surface area (Å²) in [5.74, 6) is 0.426. The third kappa shape index (κ3) is 5.55. The average molecular weight is 461 g/mol. The zero-order valence-corrected chi connectivity index (χ0v) is 18.1. The van der Waals surface area contributed by atoms with Crippen LogP contribution in [-0.4, -0.2) is 66.0 Å². The molecule has 2 saturated heterocycles. The smallest absolute Gasteiger partial charge is 0.353 e. The number of halogens is 3. The number of rotatable bonds is 3. The van der Waals surface area contributed by atoms with Gasteiger partial charge in [-0.15, -0.1) is 0 Å². The number of aromatic nitrogens is 1. The van der Waals surface area contributed by atoms with Gasteiger partial charge in [-0.1, -0.05) is 6.07 Å². The summed E-state index contributed by atoms with van der Waals surface area (Å²) in [5, 5.41) is 2.85. The Balaban J connectivity index is 1.32. The lowest BCUT2D eigenvalue weighted by Crippen LogP contribution is -2.50. The van der Waals surface area contributed by atoms with Gasteiger partial charge in [0.2, 0.25) is 0 Å². The minimum Gasteiger partial charge on any atom is -0.353 e. The molecule has 0 unspecified atom stereocenters. The number of piperidine rings is 1. The van der Waals surface area contributed by atoms with Crippen LogP contribution >= 0.6 is 0 Å². The third-order valence-electron chi connectivity index (χ3n) is 5.97. The highest BCUT2D eigenvalue weighted by atomic mass is 19.4. The summed E-state index contributed by atoms with van der Waals surface area (Å²) in [6, 6.07) is 9.02. The Morgan fingerprint density at radius 2 is 1.61 bits per heavy atom. The molecule has 3 amide bonds. The molecule has 1 aromatic carbocycles. The quantitative estimate of drug-likeness (QED) is 0.748. The lowest BCUT2D eigenvalue weighted by Gasteiger charge is -2.35. The number of urea groups is 1. The van der Waals surface area contributed by atoms with Crippen LogP contribution in [0.3, 0.4) is 0 Å². The number of likely N-dealkylation sites (tertiary alicyclic amines) is 1. The summed E-state index contributed by atoms with van der Waals surface area (Å²) < 4.78 is 38.2. The van der Waals surface area contributed by atoms with Crippen LogP contribution in [0.25, 0.3) is 0 Å². The minimum atomic E-state index is -4.42. The largest absolute Gasteiger partial charge is 0.417 e. The van der Waals surface area contributed by atoms with Crippen LogP contribution in [0.2, 0.25) is 0 Å². The Bertz CT molecular complexity index is 982.